The highest BCUT2D eigenvalue weighted by Crippen LogP contribution is 2.28. The largest absolute Gasteiger partial charge is 0.496 e. The number of benzene rings is 1. The van der Waals surface area contributed by atoms with Crippen LogP contribution in [0.25, 0.3) is 0 Å². The van der Waals surface area contributed by atoms with E-state index in [1.165, 1.54) is 32.8 Å². The van der Waals surface area contributed by atoms with Crippen LogP contribution < -0.4 is 15.6 Å². The van der Waals surface area contributed by atoms with Gasteiger partial charge in [0.25, 0.3) is 5.91 Å². The van der Waals surface area contributed by atoms with E-state index in [0.717, 1.165) is 6.42 Å². The lowest BCUT2D eigenvalue weighted by Gasteiger charge is -2.11. The number of hydrogen-bond acceptors (Lipinski definition) is 3. The summed E-state index contributed by atoms with van der Waals surface area (Å²) in [5.41, 5.74) is 5.29. The smallest absolute Gasteiger partial charge is 0.273 e. The second kappa shape index (κ2) is 7.67. The molecule has 0 aliphatic heterocycles. The molecule has 0 radical (unpaired) electrons. The van der Waals surface area contributed by atoms with E-state index in [2.05, 4.69) is 10.9 Å². The first-order valence-corrected chi connectivity index (χ1v) is 7.43. The molecule has 2 rings (SSSR count). The molecule has 114 valence electrons. The van der Waals surface area contributed by atoms with Crippen molar-refractivity contribution < 1.29 is 14.3 Å². The van der Waals surface area contributed by atoms with E-state index in [-0.39, 0.29) is 11.8 Å². The van der Waals surface area contributed by atoms with Crippen molar-refractivity contribution in [2.45, 2.75) is 38.5 Å². The number of hydrazine groups is 1. The highest BCUT2D eigenvalue weighted by atomic mass is 16.5. The maximum absolute atomic E-state index is 12.0. The summed E-state index contributed by atoms with van der Waals surface area (Å²) in [6.45, 7) is 0. The Morgan fingerprint density at radius 3 is 2.62 bits per heavy atom. The minimum Gasteiger partial charge on any atom is -0.496 e. The van der Waals surface area contributed by atoms with Crippen molar-refractivity contribution in [3.05, 3.63) is 29.8 Å². The van der Waals surface area contributed by atoms with E-state index >= 15 is 0 Å². The highest BCUT2D eigenvalue weighted by molar-refractivity contribution is 5.97. The van der Waals surface area contributed by atoms with Gasteiger partial charge in [-0.3, -0.25) is 20.4 Å². The first kappa shape index (κ1) is 15.4. The Bertz CT molecular complexity index is 496. The number of amides is 2. The van der Waals surface area contributed by atoms with Crippen molar-refractivity contribution in [2.75, 3.05) is 7.11 Å². The molecule has 1 aromatic carbocycles. The van der Waals surface area contributed by atoms with Crippen LogP contribution in [-0.2, 0) is 4.79 Å². The fraction of sp³-hybridized carbons (Fsp3) is 0.500. The molecule has 1 saturated carbocycles. The number of methoxy groups -OCH3 is 1. The lowest BCUT2D eigenvalue weighted by atomic mass is 10.0. The molecule has 1 aromatic rings. The SMILES string of the molecule is COc1ccccc1C(=O)NNC(=O)CCC1CCCC1. The number of carbonyl (C=O) groups is 2. The van der Waals surface area contributed by atoms with Crippen molar-refractivity contribution in [3.63, 3.8) is 0 Å². The van der Waals surface area contributed by atoms with Crippen LogP contribution in [0.1, 0.15) is 48.9 Å². The summed E-state index contributed by atoms with van der Waals surface area (Å²) in [6.07, 6.45) is 6.35. The molecular weight excluding hydrogens is 268 g/mol. The third-order valence-electron chi connectivity index (χ3n) is 3.92. The van der Waals surface area contributed by atoms with E-state index in [4.69, 9.17) is 4.74 Å². The average Bonchev–Trinajstić information content (AvgIpc) is 3.04. The van der Waals surface area contributed by atoms with Gasteiger partial charge in [0, 0.05) is 6.42 Å². The van der Waals surface area contributed by atoms with Crippen LogP contribution in [0, 0.1) is 5.92 Å². The minimum absolute atomic E-state index is 0.148. The van der Waals surface area contributed by atoms with Gasteiger partial charge in [-0.2, -0.15) is 0 Å². The van der Waals surface area contributed by atoms with Gasteiger partial charge in [0.05, 0.1) is 12.7 Å². The molecule has 1 fully saturated rings. The molecule has 0 bridgehead atoms. The molecule has 2 amide bonds. The number of nitrogens with one attached hydrogen (secondary N) is 2. The molecule has 0 saturated heterocycles. The summed E-state index contributed by atoms with van der Waals surface area (Å²) in [6, 6.07) is 6.89. The molecule has 1 aliphatic carbocycles. The van der Waals surface area contributed by atoms with Crippen molar-refractivity contribution in [2.24, 2.45) is 5.92 Å². The number of ether oxygens (including phenoxy) is 1. The molecule has 5 nitrogen and oxygen atoms in total. The van der Waals surface area contributed by atoms with Gasteiger partial charge in [0.15, 0.2) is 0 Å². The Kier molecular flexibility index (Phi) is 5.60. The minimum atomic E-state index is -0.373. The van der Waals surface area contributed by atoms with Gasteiger partial charge in [0.2, 0.25) is 5.91 Å². The second-order valence-corrected chi connectivity index (χ2v) is 5.39. The van der Waals surface area contributed by atoms with Crippen molar-refractivity contribution in [1.82, 2.24) is 10.9 Å². The van der Waals surface area contributed by atoms with Crippen molar-refractivity contribution in [1.29, 1.82) is 0 Å². The third kappa shape index (κ3) is 4.48. The van der Waals surface area contributed by atoms with Crippen LogP contribution in [0.2, 0.25) is 0 Å². The van der Waals surface area contributed by atoms with Gasteiger partial charge >= 0.3 is 0 Å². The van der Waals surface area contributed by atoms with Gasteiger partial charge < -0.3 is 4.74 Å². The van der Waals surface area contributed by atoms with E-state index in [0.29, 0.717) is 23.7 Å². The molecule has 1 aliphatic rings. The summed E-state index contributed by atoms with van der Waals surface area (Å²) in [5, 5.41) is 0. The predicted octanol–water partition coefficient (Wildman–Crippen LogP) is 2.43. The summed E-state index contributed by atoms with van der Waals surface area (Å²) >= 11 is 0. The van der Waals surface area contributed by atoms with Crippen LogP contribution in [-0.4, -0.2) is 18.9 Å². The Morgan fingerprint density at radius 1 is 1.19 bits per heavy atom. The van der Waals surface area contributed by atoms with E-state index in [9.17, 15) is 9.59 Å². The summed E-state index contributed by atoms with van der Waals surface area (Å²) in [7, 11) is 1.51. The second-order valence-electron chi connectivity index (χ2n) is 5.39. The molecular formula is C16H22N2O3. The Balaban J connectivity index is 1.76. The third-order valence-corrected chi connectivity index (χ3v) is 3.92. The number of para-hydroxylation sites is 1. The maximum atomic E-state index is 12.0. The Hall–Kier alpha value is -2.04. The molecule has 0 spiro atoms. The maximum Gasteiger partial charge on any atom is 0.273 e. The highest BCUT2D eigenvalue weighted by Gasteiger charge is 2.17. The Labute approximate surface area is 125 Å². The van der Waals surface area contributed by atoms with E-state index in [1.807, 2.05) is 0 Å². The zero-order chi connectivity index (χ0) is 15.1. The predicted molar refractivity (Wildman–Crippen MR) is 79.8 cm³/mol. The van der Waals surface area contributed by atoms with Gasteiger partial charge in [-0.05, 0) is 24.5 Å². The van der Waals surface area contributed by atoms with Crippen molar-refractivity contribution in [3.8, 4) is 5.75 Å². The topological polar surface area (TPSA) is 67.4 Å². The molecule has 2 N–H and O–H groups in total. The first-order valence-electron chi connectivity index (χ1n) is 7.43. The lowest BCUT2D eigenvalue weighted by molar-refractivity contribution is -0.122. The van der Waals surface area contributed by atoms with Gasteiger partial charge in [0.1, 0.15) is 5.75 Å². The van der Waals surface area contributed by atoms with Crippen LogP contribution in [0.5, 0.6) is 5.75 Å². The zero-order valence-corrected chi connectivity index (χ0v) is 12.4. The molecule has 21 heavy (non-hydrogen) atoms. The molecule has 0 heterocycles. The molecule has 0 atom stereocenters. The molecule has 0 aromatic heterocycles. The summed E-state index contributed by atoms with van der Waals surface area (Å²) in [5.74, 6) is 0.627. The normalized spacial score (nSPS) is 14.7. The Morgan fingerprint density at radius 2 is 1.90 bits per heavy atom. The van der Waals surface area contributed by atoms with Gasteiger partial charge in [-0.1, -0.05) is 37.8 Å². The van der Waals surface area contributed by atoms with Crippen LogP contribution in [0.4, 0.5) is 0 Å². The monoisotopic (exact) mass is 290 g/mol. The summed E-state index contributed by atoms with van der Waals surface area (Å²) in [4.78, 5) is 23.7. The zero-order valence-electron chi connectivity index (χ0n) is 12.4. The van der Waals surface area contributed by atoms with Crippen LogP contribution in [0.15, 0.2) is 24.3 Å². The lowest BCUT2D eigenvalue weighted by Crippen LogP contribution is -2.41. The summed E-state index contributed by atoms with van der Waals surface area (Å²) < 4.78 is 5.11. The number of rotatable bonds is 5. The fourth-order valence-corrected chi connectivity index (χ4v) is 2.72. The number of carbonyl (C=O) groups excluding carboxylic acids is 2. The quantitative estimate of drug-likeness (QED) is 0.818. The fourth-order valence-electron chi connectivity index (χ4n) is 2.72. The van der Waals surface area contributed by atoms with E-state index in [1.54, 1.807) is 24.3 Å². The molecule has 5 heteroatoms. The van der Waals surface area contributed by atoms with Crippen LogP contribution >= 0.6 is 0 Å². The van der Waals surface area contributed by atoms with E-state index < -0.39 is 0 Å². The van der Waals surface area contributed by atoms with Crippen LogP contribution in [0.3, 0.4) is 0 Å². The average molecular weight is 290 g/mol. The van der Waals surface area contributed by atoms with Gasteiger partial charge in [-0.25, -0.2) is 0 Å². The standard InChI is InChI=1S/C16H22N2O3/c1-21-14-9-5-4-8-13(14)16(20)18-17-15(19)11-10-12-6-2-3-7-12/h4-5,8-9,12H,2-3,6-7,10-11H2,1H3,(H,17,19)(H,18,20). The number of hydrogen-bond donors (Lipinski definition) is 2. The molecule has 0 unspecified atom stereocenters. The van der Waals surface area contributed by atoms with Crippen molar-refractivity contribution >= 4 is 11.8 Å². The first-order chi connectivity index (χ1) is 10.2. The van der Waals surface area contributed by atoms with Gasteiger partial charge in [-0.15, -0.1) is 0 Å².